The normalized spacial score (nSPS) is 41.1. The SMILES string of the molecule is O=C1C2CCCCC2C(=O)N1[C@H]1C=CC[C@@H]1O. The van der Waals surface area contributed by atoms with Crippen molar-refractivity contribution in [3.05, 3.63) is 12.2 Å². The number of carbonyl (C=O) groups excluding carboxylic acids is 2. The molecule has 4 nitrogen and oxygen atoms in total. The lowest BCUT2D eigenvalue weighted by Crippen LogP contribution is -2.44. The Morgan fingerprint density at radius 3 is 2.18 bits per heavy atom. The zero-order chi connectivity index (χ0) is 12.0. The highest BCUT2D eigenvalue weighted by molar-refractivity contribution is 6.05. The molecule has 0 aromatic carbocycles. The van der Waals surface area contributed by atoms with Crippen molar-refractivity contribution in [1.82, 2.24) is 4.90 Å². The molecule has 2 aliphatic carbocycles. The maximum Gasteiger partial charge on any atom is 0.233 e. The van der Waals surface area contributed by atoms with Crippen LogP contribution in [0.5, 0.6) is 0 Å². The molecule has 4 atom stereocenters. The molecule has 0 spiro atoms. The van der Waals surface area contributed by atoms with Crippen LogP contribution < -0.4 is 0 Å². The average Bonchev–Trinajstić information content (AvgIpc) is 2.84. The highest BCUT2D eigenvalue weighted by atomic mass is 16.3. The second-order valence-electron chi connectivity index (χ2n) is 5.27. The van der Waals surface area contributed by atoms with E-state index in [1.54, 1.807) is 6.08 Å². The summed E-state index contributed by atoms with van der Waals surface area (Å²) < 4.78 is 0. The Bertz CT molecular complexity index is 366. The number of aliphatic hydroxyl groups excluding tert-OH is 1. The van der Waals surface area contributed by atoms with Crippen LogP contribution in [0.4, 0.5) is 0 Å². The number of imide groups is 1. The van der Waals surface area contributed by atoms with Gasteiger partial charge in [0.15, 0.2) is 0 Å². The third-order valence-corrected chi connectivity index (χ3v) is 4.28. The summed E-state index contributed by atoms with van der Waals surface area (Å²) in [7, 11) is 0. The fraction of sp³-hybridized carbons (Fsp3) is 0.692. The van der Waals surface area contributed by atoms with Crippen molar-refractivity contribution in [2.75, 3.05) is 0 Å². The molecule has 1 saturated carbocycles. The van der Waals surface area contributed by atoms with E-state index in [0.29, 0.717) is 6.42 Å². The molecule has 92 valence electrons. The topological polar surface area (TPSA) is 57.6 Å². The summed E-state index contributed by atoms with van der Waals surface area (Å²) in [6, 6.07) is -0.416. The van der Waals surface area contributed by atoms with E-state index in [2.05, 4.69) is 0 Å². The van der Waals surface area contributed by atoms with Gasteiger partial charge in [0.1, 0.15) is 0 Å². The minimum atomic E-state index is -0.608. The van der Waals surface area contributed by atoms with Crippen molar-refractivity contribution in [2.45, 2.75) is 44.2 Å². The summed E-state index contributed by atoms with van der Waals surface area (Å²) in [5.41, 5.74) is 0. The van der Waals surface area contributed by atoms with Gasteiger partial charge in [-0.15, -0.1) is 0 Å². The number of amides is 2. The summed E-state index contributed by atoms with van der Waals surface area (Å²) in [5.74, 6) is -0.347. The molecule has 1 saturated heterocycles. The molecule has 1 N–H and O–H groups in total. The first-order valence-corrected chi connectivity index (χ1v) is 6.42. The quantitative estimate of drug-likeness (QED) is 0.541. The third-order valence-electron chi connectivity index (χ3n) is 4.28. The van der Waals surface area contributed by atoms with E-state index in [0.717, 1.165) is 25.7 Å². The van der Waals surface area contributed by atoms with E-state index in [1.165, 1.54) is 4.90 Å². The molecule has 2 amide bonds. The van der Waals surface area contributed by atoms with Gasteiger partial charge < -0.3 is 5.11 Å². The Labute approximate surface area is 100 Å². The van der Waals surface area contributed by atoms with Crippen molar-refractivity contribution < 1.29 is 14.7 Å². The molecule has 1 aliphatic heterocycles. The highest BCUT2D eigenvalue weighted by Crippen LogP contribution is 2.40. The Hall–Kier alpha value is -1.16. The maximum absolute atomic E-state index is 12.2. The van der Waals surface area contributed by atoms with Crippen LogP contribution in [-0.2, 0) is 9.59 Å². The van der Waals surface area contributed by atoms with Crippen LogP contribution in [-0.4, -0.2) is 34.0 Å². The maximum atomic E-state index is 12.2. The lowest BCUT2D eigenvalue weighted by molar-refractivity contribution is -0.143. The third kappa shape index (κ3) is 1.54. The van der Waals surface area contributed by atoms with E-state index < -0.39 is 12.1 Å². The number of fused-ring (bicyclic) bond motifs is 1. The second-order valence-corrected chi connectivity index (χ2v) is 5.27. The average molecular weight is 235 g/mol. The Balaban J connectivity index is 1.88. The number of hydrogen-bond donors (Lipinski definition) is 1. The number of rotatable bonds is 1. The van der Waals surface area contributed by atoms with Gasteiger partial charge in [-0.25, -0.2) is 0 Å². The number of aliphatic hydroxyl groups is 1. The zero-order valence-electron chi connectivity index (χ0n) is 9.71. The number of nitrogens with zero attached hydrogens (tertiary/aromatic N) is 1. The first-order chi connectivity index (χ1) is 8.20. The molecular formula is C13H17NO3. The number of carbonyl (C=O) groups is 2. The van der Waals surface area contributed by atoms with Gasteiger partial charge in [-0.05, 0) is 19.3 Å². The van der Waals surface area contributed by atoms with Crippen molar-refractivity contribution in [2.24, 2.45) is 11.8 Å². The molecule has 3 aliphatic rings. The van der Waals surface area contributed by atoms with Gasteiger partial charge in [0.2, 0.25) is 11.8 Å². The lowest BCUT2D eigenvalue weighted by atomic mass is 9.81. The molecule has 0 aromatic heterocycles. The van der Waals surface area contributed by atoms with Gasteiger partial charge in [-0.3, -0.25) is 14.5 Å². The summed E-state index contributed by atoms with van der Waals surface area (Å²) in [6.45, 7) is 0. The van der Waals surface area contributed by atoms with Gasteiger partial charge in [0, 0.05) is 0 Å². The summed E-state index contributed by atoms with van der Waals surface area (Å²) in [4.78, 5) is 25.8. The van der Waals surface area contributed by atoms with Gasteiger partial charge in [-0.2, -0.15) is 0 Å². The molecule has 1 heterocycles. The molecule has 2 unspecified atom stereocenters. The van der Waals surface area contributed by atoms with Crippen LogP contribution in [0.3, 0.4) is 0 Å². The Morgan fingerprint density at radius 2 is 1.71 bits per heavy atom. The van der Waals surface area contributed by atoms with Gasteiger partial charge in [0.05, 0.1) is 24.0 Å². The van der Waals surface area contributed by atoms with Crippen molar-refractivity contribution in [1.29, 1.82) is 0 Å². The van der Waals surface area contributed by atoms with Crippen LogP contribution in [0.25, 0.3) is 0 Å². The second kappa shape index (κ2) is 3.95. The molecule has 17 heavy (non-hydrogen) atoms. The fourth-order valence-electron chi connectivity index (χ4n) is 3.37. The largest absolute Gasteiger partial charge is 0.390 e. The van der Waals surface area contributed by atoms with E-state index in [-0.39, 0.29) is 23.7 Å². The summed E-state index contributed by atoms with van der Waals surface area (Å²) >= 11 is 0. The Kier molecular flexibility index (Phi) is 2.54. The number of likely N-dealkylation sites (tertiary alicyclic amines) is 1. The smallest absolute Gasteiger partial charge is 0.233 e. The first kappa shape index (κ1) is 11.0. The predicted octanol–water partition coefficient (Wildman–Crippen LogP) is 0.851. The lowest BCUT2D eigenvalue weighted by Gasteiger charge is -2.24. The molecule has 4 heteroatoms. The van der Waals surface area contributed by atoms with E-state index in [4.69, 9.17) is 0 Å². The van der Waals surface area contributed by atoms with Crippen LogP contribution >= 0.6 is 0 Å². The van der Waals surface area contributed by atoms with Crippen LogP contribution in [0.15, 0.2) is 12.2 Å². The van der Waals surface area contributed by atoms with Crippen molar-refractivity contribution in [3.8, 4) is 0 Å². The van der Waals surface area contributed by atoms with Crippen LogP contribution in [0.1, 0.15) is 32.1 Å². The zero-order valence-corrected chi connectivity index (χ0v) is 9.71. The first-order valence-electron chi connectivity index (χ1n) is 6.42. The van der Waals surface area contributed by atoms with E-state index >= 15 is 0 Å². The van der Waals surface area contributed by atoms with E-state index in [1.807, 2.05) is 6.08 Å². The van der Waals surface area contributed by atoms with Gasteiger partial charge >= 0.3 is 0 Å². The molecule has 0 bridgehead atoms. The molecule has 2 fully saturated rings. The predicted molar refractivity (Wildman–Crippen MR) is 60.9 cm³/mol. The molecular weight excluding hydrogens is 218 g/mol. The Morgan fingerprint density at radius 1 is 1.12 bits per heavy atom. The molecule has 0 radical (unpaired) electrons. The van der Waals surface area contributed by atoms with Gasteiger partial charge in [0.25, 0.3) is 0 Å². The van der Waals surface area contributed by atoms with Crippen molar-refractivity contribution >= 4 is 11.8 Å². The summed E-state index contributed by atoms with van der Waals surface area (Å²) in [5, 5.41) is 9.81. The van der Waals surface area contributed by atoms with Crippen molar-refractivity contribution in [3.63, 3.8) is 0 Å². The van der Waals surface area contributed by atoms with E-state index in [9.17, 15) is 14.7 Å². The highest BCUT2D eigenvalue weighted by Gasteiger charge is 2.51. The van der Waals surface area contributed by atoms with Crippen LogP contribution in [0, 0.1) is 11.8 Å². The monoisotopic (exact) mass is 235 g/mol. The molecule has 0 aromatic rings. The standard InChI is InChI=1S/C13H17NO3/c15-11-7-3-6-10(11)14-12(16)8-4-1-2-5-9(8)13(14)17/h3,6,8-11,15H,1-2,4-5,7H2/t8?,9?,10-,11-/m0/s1. The number of hydrogen-bond acceptors (Lipinski definition) is 3. The van der Waals surface area contributed by atoms with Gasteiger partial charge in [-0.1, -0.05) is 25.0 Å². The van der Waals surface area contributed by atoms with Crippen LogP contribution in [0.2, 0.25) is 0 Å². The minimum Gasteiger partial charge on any atom is -0.390 e. The fourth-order valence-corrected chi connectivity index (χ4v) is 3.37. The molecule has 3 rings (SSSR count). The minimum absolute atomic E-state index is 0.0599. The summed E-state index contributed by atoms with van der Waals surface area (Å²) in [6.07, 6.45) is 7.31.